The van der Waals surface area contributed by atoms with Crippen LogP contribution in [0.15, 0.2) is 30.3 Å². The summed E-state index contributed by atoms with van der Waals surface area (Å²) in [5.41, 5.74) is -1.76. The van der Waals surface area contributed by atoms with Gasteiger partial charge in [0.05, 0.1) is 17.7 Å². The molecule has 1 heterocycles. The molecule has 0 saturated heterocycles. The molecule has 0 spiro atoms. The monoisotopic (exact) mass is 327 g/mol. The molecule has 0 fully saturated rings. The number of hydrogen-bond acceptors (Lipinski definition) is 4. The second kappa shape index (κ2) is 6.16. The average molecular weight is 327 g/mol. The van der Waals surface area contributed by atoms with E-state index in [1.165, 1.54) is 25.1 Å². The molecular weight excluding hydrogens is 311 g/mol. The van der Waals surface area contributed by atoms with E-state index in [-0.39, 0.29) is 13.0 Å². The number of halogens is 3. The maximum absolute atomic E-state index is 12.7. The Labute approximate surface area is 130 Å². The fourth-order valence-electron chi connectivity index (χ4n) is 2.15. The fourth-order valence-corrected chi connectivity index (χ4v) is 2.15. The Balaban J connectivity index is 2.29. The lowest BCUT2D eigenvalue weighted by molar-refractivity contribution is -0.163. The Bertz CT molecular complexity index is 726. The van der Waals surface area contributed by atoms with Gasteiger partial charge in [-0.2, -0.15) is 13.2 Å². The Morgan fingerprint density at radius 3 is 2.57 bits per heavy atom. The van der Waals surface area contributed by atoms with Crippen LogP contribution in [0.4, 0.5) is 13.2 Å². The van der Waals surface area contributed by atoms with Crippen LogP contribution in [0.2, 0.25) is 0 Å². The molecule has 1 atom stereocenters. The van der Waals surface area contributed by atoms with Crippen LogP contribution >= 0.6 is 0 Å². The highest BCUT2D eigenvalue weighted by Gasteiger charge is 2.33. The first-order valence-corrected chi connectivity index (χ1v) is 7.00. The molecule has 0 radical (unpaired) electrons. The van der Waals surface area contributed by atoms with E-state index in [4.69, 9.17) is 4.74 Å². The quantitative estimate of drug-likeness (QED) is 0.877. The van der Waals surface area contributed by atoms with Crippen molar-refractivity contribution in [1.29, 1.82) is 0 Å². The summed E-state index contributed by atoms with van der Waals surface area (Å²) in [6.07, 6.45) is -4.51. The molecule has 0 aliphatic heterocycles. The van der Waals surface area contributed by atoms with Crippen molar-refractivity contribution in [1.82, 2.24) is 4.98 Å². The molecule has 2 aromatic rings. The standard InChI is InChI=1S/C16H16F3NO3/c1-3-23-14(21)15(2,22)9-12-6-4-10-8-11(16(17,18)19)5-7-13(10)20-12/h4-8,22H,3,9H2,1-2H3. The van der Waals surface area contributed by atoms with Gasteiger partial charge in [-0.3, -0.25) is 4.98 Å². The highest BCUT2D eigenvalue weighted by molar-refractivity contribution is 5.81. The molecule has 1 N–H and O–H groups in total. The van der Waals surface area contributed by atoms with E-state index in [1.54, 1.807) is 6.92 Å². The minimum absolute atomic E-state index is 0.0944. The zero-order valence-electron chi connectivity index (χ0n) is 12.6. The van der Waals surface area contributed by atoms with E-state index < -0.39 is 23.3 Å². The number of pyridine rings is 1. The van der Waals surface area contributed by atoms with Crippen LogP contribution in [0, 0.1) is 0 Å². The number of alkyl halides is 3. The Morgan fingerprint density at radius 2 is 1.96 bits per heavy atom. The van der Waals surface area contributed by atoms with Gasteiger partial charge in [0, 0.05) is 17.5 Å². The summed E-state index contributed by atoms with van der Waals surface area (Å²) in [4.78, 5) is 15.9. The molecular formula is C16H16F3NO3. The molecule has 1 aromatic heterocycles. The highest BCUT2D eigenvalue weighted by Crippen LogP contribution is 2.31. The minimum Gasteiger partial charge on any atom is -0.464 e. The molecule has 7 heteroatoms. The summed E-state index contributed by atoms with van der Waals surface area (Å²) in [6.45, 7) is 3.07. The lowest BCUT2D eigenvalue weighted by Gasteiger charge is -2.20. The van der Waals surface area contributed by atoms with Crippen LogP contribution in [0.5, 0.6) is 0 Å². The summed E-state index contributed by atoms with van der Waals surface area (Å²) in [7, 11) is 0. The van der Waals surface area contributed by atoms with E-state index >= 15 is 0 Å². The summed E-state index contributed by atoms with van der Waals surface area (Å²) in [5.74, 6) is -0.769. The largest absolute Gasteiger partial charge is 0.464 e. The summed E-state index contributed by atoms with van der Waals surface area (Å²) in [5, 5.41) is 10.5. The number of nitrogens with zero attached hydrogens (tertiary/aromatic N) is 1. The smallest absolute Gasteiger partial charge is 0.416 e. The van der Waals surface area contributed by atoms with Gasteiger partial charge >= 0.3 is 12.1 Å². The topological polar surface area (TPSA) is 59.4 Å². The predicted molar refractivity (Wildman–Crippen MR) is 77.7 cm³/mol. The Morgan fingerprint density at radius 1 is 1.26 bits per heavy atom. The predicted octanol–water partition coefficient (Wildman–Crippen LogP) is 3.11. The highest BCUT2D eigenvalue weighted by atomic mass is 19.4. The molecule has 0 saturated carbocycles. The van der Waals surface area contributed by atoms with Gasteiger partial charge in [-0.15, -0.1) is 0 Å². The molecule has 0 amide bonds. The first-order valence-electron chi connectivity index (χ1n) is 7.00. The van der Waals surface area contributed by atoms with Crippen LogP contribution in [0.1, 0.15) is 25.1 Å². The molecule has 0 aliphatic carbocycles. The third-order valence-corrected chi connectivity index (χ3v) is 3.31. The van der Waals surface area contributed by atoms with Crippen molar-refractivity contribution in [2.75, 3.05) is 6.61 Å². The minimum atomic E-state index is -4.42. The van der Waals surface area contributed by atoms with Crippen molar-refractivity contribution in [3.63, 3.8) is 0 Å². The third-order valence-electron chi connectivity index (χ3n) is 3.31. The van der Waals surface area contributed by atoms with Crippen molar-refractivity contribution in [3.8, 4) is 0 Å². The molecule has 1 unspecified atom stereocenters. The van der Waals surface area contributed by atoms with E-state index in [0.29, 0.717) is 16.6 Å². The van der Waals surface area contributed by atoms with Gasteiger partial charge in [0.25, 0.3) is 0 Å². The Kier molecular flexibility index (Phi) is 4.61. The SMILES string of the molecule is CCOC(=O)C(C)(O)Cc1ccc2cc(C(F)(F)F)ccc2n1. The number of carbonyl (C=O) groups is 1. The summed E-state index contributed by atoms with van der Waals surface area (Å²) in [6, 6.07) is 6.18. The number of aromatic nitrogens is 1. The number of fused-ring (bicyclic) bond motifs is 1. The van der Waals surface area contributed by atoms with Crippen molar-refractivity contribution in [3.05, 3.63) is 41.6 Å². The van der Waals surface area contributed by atoms with Crippen LogP contribution in [-0.4, -0.2) is 28.3 Å². The maximum Gasteiger partial charge on any atom is 0.416 e. The van der Waals surface area contributed by atoms with Crippen molar-refractivity contribution in [2.45, 2.75) is 32.0 Å². The fraction of sp³-hybridized carbons (Fsp3) is 0.375. The van der Waals surface area contributed by atoms with Gasteiger partial charge in [-0.25, -0.2) is 4.79 Å². The van der Waals surface area contributed by atoms with Crippen LogP contribution < -0.4 is 0 Å². The van der Waals surface area contributed by atoms with E-state index in [2.05, 4.69) is 4.98 Å². The molecule has 0 aliphatic rings. The molecule has 1 aromatic carbocycles. The number of esters is 1. The molecule has 23 heavy (non-hydrogen) atoms. The van der Waals surface area contributed by atoms with Gasteiger partial charge in [-0.05, 0) is 38.1 Å². The molecule has 4 nitrogen and oxygen atoms in total. The maximum atomic E-state index is 12.7. The van der Waals surface area contributed by atoms with Crippen molar-refractivity contribution < 1.29 is 27.8 Å². The molecule has 2 rings (SSSR count). The van der Waals surface area contributed by atoms with Gasteiger partial charge in [0.2, 0.25) is 0 Å². The van der Waals surface area contributed by atoms with Crippen LogP contribution in [0.25, 0.3) is 10.9 Å². The number of benzene rings is 1. The van der Waals surface area contributed by atoms with E-state index in [9.17, 15) is 23.1 Å². The van der Waals surface area contributed by atoms with E-state index in [0.717, 1.165) is 12.1 Å². The van der Waals surface area contributed by atoms with Crippen molar-refractivity contribution in [2.24, 2.45) is 0 Å². The number of ether oxygens (including phenoxy) is 1. The van der Waals surface area contributed by atoms with Crippen LogP contribution in [0.3, 0.4) is 0 Å². The van der Waals surface area contributed by atoms with Crippen LogP contribution in [-0.2, 0) is 22.1 Å². The second-order valence-electron chi connectivity index (χ2n) is 5.38. The zero-order valence-corrected chi connectivity index (χ0v) is 12.6. The third kappa shape index (κ3) is 3.98. The second-order valence-corrected chi connectivity index (χ2v) is 5.38. The average Bonchev–Trinajstić information content (AvgIpc) is 2.45. The normalized spacial score (nSPS) is 14.5. The summed E-state index contributed by atoms with van der Waals surface area (Å²) < 4.78 is 42.8. The summed E-state index contributed by atoms with van der Waals surface area (Å²) >= 11 is 0. The van der Waals surface area contributed by atoms with Gasteiger partial charge in [0.15, 0.2) is 5.60 Å². The molecule has 124 valence electrons. The lowest BCUT2D eigenvalue weighted by Crippen LogP contribution is -2.39. The van der Waals surface area contributed by atoms with Gasteiger partial charge in [0.1, 0.15) is 0 Å². The van der Waals surface area contributed by atoms with Crippen molar-refractivity contribution >= 4 is 16.9 Å². The number of carbonyl (C=O) groups excluding carboxylic acids is 1. The number of hydrogen-bond donors (Lipinski definition) is 1. The van der Waals surface area contributed by atoms with Gasteiger partial charge < -0.3 is 9.84 Å². The number of rotatable bonds is 4. The Hall–Kier alpha value is -2.15. The number of aliphatic hydroxyl groups is 1. The molecule has 0 bridgehead atoms. The van der Waals surface area contributed by atoms with E-state index in [1.807, 2.05) is 0 Å². The first-order chi connectivity index (χ1) is 10.6. The zero-order chi connectivity index (χ0) is 17.3. The van der Waals surface area contributed by atoms with Gasteiger partial charge in [-0.1, -0.05) is 6.07 Å². The lowest BCUT2D eigenvalue weighted by atomic mass is 9.99. The first kappa shape index (κ1) is 17.2.